The number of aromatic nitrogens is 1. The molecule has 2 saturated heterocycles. The van der Waals surface area contributed by atoms with Gasteiger partial charge in [0, 0.05) is 44.6 Å². The number of hydrogen-bond donors (Lipinski definition) is 1. The largest absolute Gasteiger partial charge is 0.380 e. The number of carbonyl (C=O) groups is 1. The summed E-state index contributed by atoms with van der Waals surface area (Å²) in [5.41, 5.74) is 1.25. The van der Waals surface area contributed by atoms with Crippen molar-refractivity contribution in [3.63, 3.8) is 0 Å². The van der Waals surface area contributed by atoms with Crippen molar-refractivity contribution in [2.24, 2.45) is 0 Å². The second kappa shape index (κ2) is 7.06. The molecule has 0 spiro atoms. The molecule has 2 aliphatic heterocycles. The Kier molecular flexibility index (Phi) is 5.05. The van der Waals surface area contributed by atoms with Crippen molar-refractivity contribution in [1.29, 1.82) is 0 Å². The Hall–Kier alpha value is -1.67. The van der Waals surface area contributed by atoms with E-state index in [1.54, 1.807) is 18.5 Å². The minimum Gasteiger partial charge on any atom is -0.380 e. The summed E-state index contributed by atoms with van der Waals surface area (Å²) in [6.07, 6.45) is 3.81. The van der Waals surface area contributed by atoms with Crippen LogP contribution in [0.2, 0.25) is 0 Å². The molecule has 1 amide bonds. The third-order valence-corrected chi connectivity index (χ3v) is 6.46. The molecule has 3 rings (SSSR count). The van der Waals surface area contributed by atoms with Gasteiger partial charge in [-0.15, -0.1) is 0 Å². The summed E-state index contributed by atoms with van der Waals surface area (Å²) in [5, 5.41) is 3.19. The fourth-order valence-electron chi connectivity index (χ4n) is 3.23. The van der Waals surface area contributed by atoms with E-state index in [9.17, 15) is 13.2 Å². The van der Waals surface area contributed by atoms with E-state index in [1.165, 1.54) is 0 Å². The van der Waals surface area contributed by atoms with E-state index < -0.39 is 9.84 Å². The number of carbonyl (C=O) groups excluding carboxylic acids is 1. The van der Waals surface area contributed by atoms with Crippen LogP contribution in [0.1, 0.15) is 23.7 Å². The zero-order valence-corrected chi connectivity index (χ0v) is 14.8. The molecule has 1 atom stereocenters. The average Bonchev–Trinajstić information content (AvgIpc) is 2.93. The first-order valence-corrected chi connectivity index (χ1v) is 10.2. The van der Waals surface area contributed by atoms with Gasteiger partial charge in [-0.25, -0.2) is 8.42 Å². The molecule has 1 N–H and O–H groups in total. The summed E-state index contributed by atoms with van der Waals surface area (Å²) in [5.74, 6) is 0.351. The van der Waals surface area contributed by atoms with Gasteiger partial charge in [0.2, 0.25) is 0 Å². The highest BCUT2D eigenvalue weighted by molar-refractivity contribution is 7.91. The SMILES string of the molecule is CCN1CCN(C(=O)c2cncc(NC3CCS(=O)(=O)C3)c2)CC1. The summed E-state index contributed by atoms with van der Waals surface area (Å²) < 4.78 is 23.1. The van der Waals surface area contributed by atoms with E-state index >= 15 is 0 Å². The predicted octanol–water partition coefficient (Wildman–Crippen LogP) is 0.458. The van der Waals surface area contributed by atoms with E-state index in [1.807, 2.05) is 4.90 Å². The lowest BCUT2D eigenvalue weighted by atomic mass is 10.2. The molecule has 24 heavy (non-hydrogen) atoms. The van der Waals surface area contributed by atoms with Crippen LogP contribution >= 0.6 is 0 Å². The Morgan fingerprint density at radius 3 is 2.67 bits per heavy atom. The highest BCUT2D eigenvalue weighted by Gasteiger charge is 2.28. The molecule has 1 aromatic heterocycles. The number of anilines is 1. The smallest absolute Gasteiger partial charge is 0.255 e. The minimum absolute atomic E-state index is 0.0130. The standard InChI is InChI=1S/C16H24N4O3S/c1-2-19-4-6-20(7-5-19)16(21)13-9-15(11-17-10-13)18-14-3-8-24(22,23)12-14/h9-11,14,18H,2-8,12H2,1H3. The zero-order valence-electron chi connectivity index (χ0n) is 13.9. The van der Waals surface area contributed by atoms with Gasteiger partial charge >= 0.3 is 0 Å². The van der Waals surface area contributed by atoms with Crippen LogP contribution in [-0.4, -0.2) is 79.4 Å². The van der Waals surface area contributed by atoms with Crippen LogP contribution < -0.4 is 5.32 Å². The fraction of sp³-hybridized carbons (Fsp3) is 0.625. The number of pyridine rings is 1. The number of nitrogens with zero attached hydrogens (tertiary/aromatic N) is 3. The van der Waals surface area contributed by atoms with Crippen molar-refractivity contribution >= 4 is 21.4 Å². The van der Waals surface area contributed by atoms with Gasteiger partial charge in [-0.3, -0.25) is 9.78 Å². The van der Waals surface area contributed by atoms with Gasteiger partial charge < -0.3 is 15.1 Å². The van der Waals surface area contributed by atoms with Gasteiger partial charge in [-0.1, -0.05) is 6.92 Å². The van der Waals surface area contributed by atoms with Gasteiger partial charge in [0.05, 0.1) is 22.8 Å². The predicted molar refractivity (Wildman–Crippen MR) is 92.9 cm³/mol. The molecule has 0 aliphatic carbocycles. The third-order valence-electron chi connectivity index (χ3n) is 4.70. The number of piperazine rings is 1. The van der Waals surface area contributed by atoms with Gasteiger partial charge in [0.15, 0.2) is 9.84 Å². The molecule has 7 nitrogen and oxygen atoms in total. The molecule has 1 unspecified atom stereocenters. The third kappa shape index (κ3) is 4.05. The first kappa shape index (κ1) is 17.2. The highest BCUT2D eigenvalue weighted by atomic mass is 32.2. The van der Waals surface area contributed by atoms with Crippen LogP contribution in [0.3, 0.4) is 0 Å². The van der Waals surface area contributed by atoms with E-state index in [2.05, 4.69) is 22.1 Å². The number of likely N-dealkylation sites (N-methyl/N-ethyl adjacent to an activating group) is 1. The molecule has 0 aromatic carbocycles. The van der Waals surface area contributed by atoms with Gasteiger partial charge in [0.1, 0.15) is 0 Å². The first-order valence-electron chi connectivity index (χ1n) is 8.40. The van der Waals surface area contributed by atoms with Crippen molar-refractivity contribution in [3.05, 3.63) is 24.0 Å². The van der Waals surface area contributed by atoms with Gasteiger partial charge in [-0.05, 0) is 19.0 Å². The maximum absolute atomic E-state index is 12.6. The molecule has 0 radical (unpaired) electrons. The van der Waals surface area contributed by atoms with Crippen LogP contribution in [0.4, 0.5) is 5.69 Å². The number of sulfone groups is 1. The van der Waals surface area contributed by atoms with E-state index in [-0.39, 0.29) is 23.5 Å². The van der Waals surface area contributed by atoms with E-state index in [0.717, 1.165) is 32.7 Å². The molecule has 8 heteroatoms. The Morgan fingerprint density at radius 1 is 1.29 bits per heavy atom. The summed E-state index contributed by atoms with van der Waals surface area (Å²) in [4.78, 5) is 20.9. The maximum atomic E-state index is 12.6. The molecule has 2 fully saturated rings. The quantitative estimate of drug-likeness (QED) is 0.848. The first-order chi connectivity index (χ1) is 11.5. The Balaban J connectivity index is 1.64. The lowest BCUT2D eigenvalue weighted by Crippen LogP contribution is -2.48. The van der Waals surface area contributed by atoms with E-state index in [0.29, 0.717) is 17.7 Å². The summed E-state index contributed by atoms with van der Waals surface area (Å²) in [7, 11) is -2.93. The Bertz CT molecular complexity index is 699. The maximum Gasteiger partial charge on any atom is 0.255 e. The molecule has 132 valence electrons. The second-order valence-electron chi connectivity index (χ2n) is 6.43. The van der Waals surface area contributed by atoms with Crippen LogP contribution in [0.15, 0.2) is 18.5 Å². The Labute approximate surface area is 143 Å². The minimum atomic E-state index is -2.93. The number of hydrogen-bond acceptors (Lipinski definition) is 6. The Morgan fingerprint density at radius 2 is 2.04 bits per heavy atom. The van der Waals surface area contributed by atoms with Gasteiger partial charge in [-0.2, -0.15) is 0 Å². The second-order valence-corrected chi connectivity index (χ2v) is 8.66. The van der Waals surface area contributed by atoms with Crippen molar-refractivity contribution in [3.8, 4) is 0 Å². The number of nitrogens with one attached hydrogen (secondary N) is 1. The average molecular weight is 352 g/mol. The lowest BCUT2D eigenvalue weighted by molar-refractivity contribution is 0.0643. The molecule has 0 bridgehead atoms. The van der Waals surface area contributed by atoms with Crippen LogP contribution in [0, 0.1) is 0 Å². The molecule has 3 heterocycles. The topological polar surface area (TPSA) is 82.6 Å². The van der Waals surface area contributed by atoms with Crippen molar-refractivity contribution in [2.45, 2.75) is 19.4 Å². The summed E-state index contributed by atoms with van der Waals surface area (Å²) in [6.45, 7) is 6.38. The number of amides is 1. The number of rotatable bonds is 4. The molecule has 2 aliphatic rings. The lowest BCUT2D eigenvalue weighted by Gasteiger charge is -2.34. The van der Waals surface area contributed by atoms with Crippen LogP contribution in [0.5, 0.6) is 0 Å². The zero-order chi connectivity index (χ0) is 17.2. The molecular weight excluding hydrogens is 328 g/mol. The highest BCUT2D eigenvalue weighted by Crippen LogP contribution is 2.18. The summed E-state index contributed by atoms with van der Waals surface area (Å²) in [6, 6.07) is 1.67. The molecule has 0 saturated carbocycles. The van der Waals surface area contributed by atoms with Crippen LogP contribution in [-0.2, 0) is 9.84 Å². The monoisotopic (exact) mass is 352 g/mol. The fourth-order valence-corrected chi connectivity index (χ4v) is 4.90. The van der Waals surface area contributed by atoms with Gasteiger partial charge in [0.25, 0.3) is 5.91 Å². The van der Waals surface area contributed by atoms with Crippen molar-refractivity contribution in [2.75, 3.05) is 49.5 Å². The van der Waals surface area contributed by atoms with Crippen molar-refractivity contribution < 1.29 is 13.2 Å². The normalized spacial score (nSPS) is 24.0. The molecular formula is C16H24N4O3S. The summed E-state index contributed by atoms with van der Waals surface area (Å²) >= 11 is 0. The van der Waals surface area contributed by atoms with E-state index in [4.69, 9.17) is 0 Å². The van der Waals surface area contributed by atoms with Crippen LogP contribution in [0.25, 0.3) is 0 Å². The van der Waals surface area contributed by atoms with Crippen molar-refractivity contribution in [1.82, 2.24) is 14.8 Å². The molecule has 1 aromatic rings.